The molecule has 1 N–H and O–H groups in total. The van der Waals surface area contributed by atoms with Crippen molar-refractivity contribution in [3.63, 3.8) is 0 Å². The fourth-order valence-electron chi connectivity index (χ4n) is 2.42. The number of carbonyl (C=O) groups is 2. The predicted molar refractivity (Wildman–Crippen MR) is 93.3 cm³/mol. The van der Waals surface area contributed by atoms with E-state index in [1.165, 1.54) is 7.11 Å². The molecular formula is C19H18N2O5. The molecule has 7 nitrogen and oxygen atoms in total. The summed E-state index contributed by atoms with van der Waals surface area (Å²) in [5, 5.41) is 2.50. The number of rotatable bonds is 6. The van der Waals surface area contributed by atoms with Crippen LogP contribution in [-0.4, -0.2) is 30.2 Å². The number of esters is 1. The number of oxazole rings is 1. The molecule has 134 valence electrons. The number of amides is 1. The lowest BCUT2D eigenvalue weighted by Gasteiger charge is -2.15. The first-order valence-corrected chi connectivity index (χ1v) is 8.05. The Morgan fingerprint density at radius 2 is 1.85 bits per heavy atom. The zero-order valence-electron chi connectivity index (χ0n) is 14.2. The molecule has 0 aliphatic carbocycles. The summed E-state index contributed by atoms with van der Waals surface area (Å²) in [6.45, 7) is 0.101. The summed E-state index contributed by atoms with van der Waals surface area (Å²) in [6.07, 6.45) is -0.665. The molecule has 0 aliphatic heterocycles. The van der Waals surface area contributed by atoms with E-state index in [0.29, 0.717) is 17.0 Å². The first kappa shape index (κ1) is 17.5. The van der Waals surface area contributed by atoms with Gasteiger partial charge in [-0.2, -0.15) is 0 Å². The highest BCUT2D eigenvalue weighted by Gasteiger charge is 2.25. The number of methoxy groups -OCH3 is 1. The summed E-state index contributed by atoms with van der Waals surface area (Å²) in [7, 11) is 1.25. The molecule has 1 atom stereocenters. The molecule has 0 bridgehead atoms. The fraction of sp³-hybridized carbons (Fsp3) is 0.211. The maximum atomic E-state index is 12.0. The van der Waals surface area contributed by atoms with Crippen molar-refractivity contribution in [2.75, 3.05) is 7.11 Å². The summed E-state index contributed by atoms with van der Waals surface area (Å²) < 4.78 is 15.5. The number of benzene rings is 2. The van der Waals surface area contributed by atoms with Crippen molar-refractivity contribution in [3.8, 4) is 0 Å². The third kappa shape index (κ3) is 4.38. The normalized spacial score (nSPS) is 11.7. The van der Waals surface area contributed by atoms with Crippen molar-refractivity contribution >= 4 is 23.2 Å². The summed E-state index contributed by atoms with van der Waals surface area (Å²) >= 11 is 0. The molecule has 3 rings (SSSR count). The Hall–Kier alpha value is -3.35. The van der Waals surface area contributed by atoms with Crippen LogP contribution in [0.25, 0.3) is 11.1 Å². The van der Waals surface area contributed by atoms with E-state index < -0.39 is 18.1 Å². The van der Waals surface area contributed by atoms with Gasteiger partial charge in [-0.05, 0) is 17.7 Å². The number of nitrogens with one attached hydrogen (secondary N) is 1. The lowest BCUT2D eigenvalue weighted by atomic mass is 10.2. The maximum Gasteiger partial charge on any atom is 0.408 e. The highest BCUT2D eigenvalue weighted by molar-refractivity contribution is 5.81. The number of ether oxygens (including phenoxy) is 2. The Morgan fingerprint density at radius 1 is 1.12 bits per heavy atom. The van der Waals surface area contributed by atoms with E-state index in [0.717, 1.165) is 5.56 Å². The second-order valence-electron chi connectivity index (χ2n) is 5.56. The monoisotopic (exact) mass is 354 g/mol. The Balaban J connectivity index is 1.63. The van der Waals surface area contributed by atoms with Gasteiger partial charge >= 0.3 is 12.1 Å². The van der Waals surface area contributed by atoms with E-state index in [1.807, 2.05) is 42.5 Å². The number of carbonyl (C=O) groups excluding carboxylic acids is 2. The van der Waals surface area contributed by atoms with Gasteiger partial charge in [-0.3, -0.25) is 0 Å². The van der Waals surface area contributed by atoms with Crippen LogP contribution in [-0.2, 0) is 27.3 Å². The summed E-state index contributed by atoms with van der Waals surface area (Å²) in [5.41, 5.74) is 2.13. The molecule has 0 saturated carbocycles. The van der Waals surface area contributed by atoms with Gasteiger partial charge in [0, 0.05) is 0 Å². The molecule has 0 saturated heterocycles. The fourth-order valence-corrected chi connectivity index (χ4v) is 2.42. The van der Waals surface area contributed by atoms with Crippen LogP contribution < -0.4 is 5.32 Å². The number of hydrogen-bond acceptors (Lipinski definition) is 6. The average Bonchev–Trinajstić information content (AvgIpc) is 3.08. The molecule has 7 heteroatoms. The highest BCUT2D eigenvalue weighted by Crippen LogP contribution is 2.16. The van der Waals surface area contributed by atoms with Crippen LogP contribution in [0, 0.1) is 0 Å². The number of alkyl carbamates (subject to hydrolysis) is 1. The second-order valence-corrected chi connectivity index (χ2v) is 5.56. The molecule has 2 aromatic carbocycles. The number of para-hydroxylation sites is 2. The molecule has 1 amide bonds. The topological polar surface area (TPSA) is 90.7 Å². The van der Waals surface area contributed by atoms with Gasteiger partial charge in [0.2, 0.25) is 0 Å². The van der Waals surface area contributed by atoms with Crippen LogP contribution >= 0.6 is 0 Å². The van der Waals surface area contributed by atoms with Gasteiger partial charge < -0.3 is 19.2 Å². The molecule has 26 heavy (non-hydrogen) atoms. The Labute approximate surface area is 149 Å². The van der Waals surface area contributed by atoms with E-state index in [4.69, 9.17) is 13.9 Å². The summed E-state index contributed by atoms with van der Waals surface area (Å²) in [5.74, 6) is -0.283. The molecule has 0 radical (unpaired) electrons. The summed E-state index contributed by atoms with van der Waals surface area (Å²) in [4.78, 5) is 28.3. The smallest absolute Gasteiger partial charge is 0.408 e. The van der Waals surface area contributed by atoms with Crippen molar-refractivity contribution in [2.24, 2.45) is 0 Å². The molecule has 0 aliphatic rings. The van der Waals surface area contributed by atoms with Crippen LogP contribution in [0.4, 0.5) is 4.79 Å². The van der Waals surface area contributed by atoms with E-state index in [2.05, 4.69) is 10.3 Å². The van der Waals surface area contributed by atoms with Crippen molar-refractivity contribution in [2.45, 2.75) is 19.1 Å². The van der Waals surface area contributed by atoms with Crippen molar-refractivity contribution in [1.82, 2.24) is 10.3 Å². The van der Waals surface area contributed by atoms with Crippen molar-refractivity contribution in [1.29, 1.82) is 0 Å². The van der Waals surface area contributed by atoms with Gasteiger partial charge in [-0.15, -0.1) is 0 Å². The maximum absolute atomic E-state index is 12.0. The summed E-state index contributed by atoms with van der Waals surface area (Å²) in [6, 6.07) is 15.5. The first-order valence-electron chi connectivity index (χ1n) is 8.05. The number of aromatic nitrogens is 1. The number of fused-ring (bicyclic) bond motifs is 1. The van der Waals surface area contributed by atoms with E-state index >= 15 is 0 Å². The van der Waals surface area contributed by atoms with Crippen molar-refractivity contribution < 1.29 is 23.5 Å². The van der Waals surface area contributed by atoms with Crippen LogP contribution in [0.2, 0.25) is 0 Å². The van der Waals surface area contributed by atoms with Crippen molar-refractivity contribution in [3.05, 3.63) is 66.1 Å². The lowest BCUT2D eigenvalue weighted by Crippen LogP contribution is -2.43. The highest BCUT2D eigenvalue weighted by atomic mass is 16.6. The average molecular weight is 354 g/mol. The Kier molecular flexibility index (Phi) is 5.48. The van der Waals surface area contributed by atoms with E-state index in [1.54, 1.807) is 12.1 Å². The Morgan fingerprint density at radius 3 is 2.58 bits per heavy atom. The third-order valence-corrected chi connectivity index (χ3v) is 3.71. The van der Waals surface area contributed by atoms with E-state index in [-0.39, 0.29) is 13.0 Å². The third-order valence-electron chi connectivity index (χ3n) is 3.71. The first-order chi connectivity index (χ1) is 12.7. The van der Waals surface area contributed by atoms with Gasteiger partial charge in [-0.1, -0.05) is 42.5 Å². The lowest BCUT2D eigenvalue weighted by molar-refractivity contribution is -0.143. The molecule has 0 fully saturated rings. The molecule has 0 spiro atoms. The SMILES string of the molecule is COC(=O)C(Cc1nc2ccccc2o1)NC(=O)OCc1ccccc1. The molecule has 1 heterocycles. The number of hydrogen-bond donors (Lipinski definition) is 1. The molecule has 1 unspecified atom stereocenters. The van der Waals surface area contributed by atoms with Crippen LogP contribution in [0.3, 0.4) is 0 Å². The minimum absolute atomic E-state index is 0.0573. The molecule has 1 aromatic heterocycles. The molecular weight excluding hydrogens is 336 g/mol. The van der Waals surface area contributed by atoms with Gasteiger partial charge in [0.05, 0.1) is 13.5 Å². The van der Waals surface area contributed by atoms with Crippen LogP contribution in [0.15, 0.2) is 59.0 Å². The zero-order chi connectivity index (χ0) is 18.4. The van der Waals surface area contributed by atoms with Crippen LogP contribution in [0.1, 0.15) is 11.5 Å². The van der Waals surface area contributed by atoms with E-state index in [9.17, 15) is 9.59 Å². The standard InChI is InChI=1S/C19H18N2O5/c1-24-18(22)15(11-17-20-14-9-5-6-10-16(14)26-17)21-19(23)25-12-13-7-3-2-4-8-13/h2-10,15H,11-12H2,1H3,(H,21,23). The van der Waals surface area contributed by atoms with Gasteiger partial charge in [0.25, 0.3) is 0 Å². The predicted octanol–water partition coefficient (Wildman–Crippen LogP) is 2.84. The Bertz CT molecular complexity index is 858. The minimum atomic E-state index is -0.962. The quantitative estimate of drug-likeness (QED) is 0.685. The minimum Gasteiger partial charge on any atom is -0.467 e. The largest absolute Gasteiger partial charge is 0.467 e. The van der Waals surface area contributed by atoms with Crippen LogP contribution in [0.5, 0.6) is 0 Å². The molecule has 3 aromatic rings. The number of nitrogens with zero attached hydrogens (tertiary/aromatic N) is 1. The van der Waals surface area contributed by atoms with Gasteiger partial charge in [0.1, 0.15) is 18.2 Å². The van der Waals surface area contributed by atoms with Gasteiger partial charge in [0.15, 0.2) is 11.5 Å². The van der Waals surface area contributed by atoms with Gasteiger partial charge in [-0.25, -0.2) is 14.6 Å². The zero-order valence-corrected chi connectivity index (χ0v) is 14.2. The second kappa shape index (κ2) is 8.15.